The number of imidazole rings is 1. The Morgan fingerprint density at radius 2 is 2.23 bits per heavy atom. The molecule has 1 aliphatic heterocycles. The van der Waals surface area contributed by atoms with E-state index >= 15 is 0 Å². The molecule has 6 nitrogen and oxygen atoms in total. The summed E-state index contributed by atoms with van der Waals surface area (Å²) in [7, 11) is 1.87. The first-order chi connectivity index (χ1) is 12.7. The highest BCUT2D eigenvalue weighted by molar-refractivity contribution is 5.92. The van der Waals surface area contributed by atoms with Crippen molar-refractivity contribution < 1.29 is 9.53 Å². The van der Waals surface area contributed by atoms with E-state index < -0.39 is 0 Å². The van der Waals surface area contributed by atoms with Crippen molar-refractivity contribution in [2.75, 3.05) is 26.3 Å². The van der Waals surface area contributed by atoms with Gasteiger partial charge in [0.15, 0.2) is 0 Å². The average molecular weight is 350 g/mol. The number of hydrogen-bond donors (Lipinski definition) is 0. The molecule has 2 aromatic heterocycles. The molecular weight excluding hydrogens is 328 g/mol. The lowest BCUT2D eigenvalue weighted by molar-refractivity contribution is 0.0732. The van der Waals surface area contributed by atoms with Crippen LogP contribution in [0.4, 0.5) is 0 Å². The number of aryl methyl sites for hydroxylation is 1. The number of carbonyl (C=O) groups excluding carboxylic acids is 1. The molecule has 1 aliphatic rings. The summed E-state index contributed by atoms with van der Waals surface area (Å²) in [6.45, 7) is 2.52. The molecule has 134 valence electrons. The Morgan fingerprint density at radius 1 is 1.31 bits per heavy atom. The van der Waals surface area contributed by atoms with Crippen LogP contribution in [0.15, 0.2) is 49.1 Å². The van der Waals surface area contributed by atoms with Crippen LogP contribution in [-0.2, 0) is 18.2 Å². The van der Waals surface area contributed by atoms with Gasteiger partial charge in [0.1, 0.15) is 5.69 Å². The van der Waals surface area contributed by atoms with Crippen LogP contribution in [0, 0.1) is 5.92 Å². The van der Waals surface area contributed by atoms with Gasteiger partial charge in [0.2, 0.25) is 0 Å². The van der Waals surface area contributed by atoms with Crippen LogP contribution >= 0.6 is 0 Å². The van der Waals surface area contributed by atoms with Crippen molar-refractivity contribution in [3.05, 3.63) is 60.3 Å². The number of benzene rings is 1. The molecular formula is C20H22N4O2. The summed E-state index contributed by atoms with van der Waals surface area (Å²) in [6, 6.07) is 10.4. The summed E-state index contributed by atoms with van der Waals surface area (Å²) in [5, 5.41) is 1.14. The van der Waals surface area contributed by atoms with Gasteiger partial charge < -0.3 is 14.2 Å². The van der Waals surface area contributed by atoms with Crippen molar-refractivity contribution in [1.82, 2.24) is 19.4 Å². The largest absolute Gasteiger partial charge is 0.379 e. The van der Waals surface area contributed by atoms with Crippen molar-refractivity contribution >= 4 is 16.8 Å². The number of rotatable bonds is 3. The lowest BCUT2D eigenvalue weighted by atomic mass is 9.98. The quantitative estimate of drug-likeness (QED) is 0.727. The van der Waals surface area contributed by atoms with Crippen LogP contribution in [0.1, 0.15) is 16.1 Å². The lowest BCUT2D eigenvalue weighted by Gasteiger charge is -2.23. The fraction of sp³-hybridized carbons (Fsp3) is 0.350. The third kappa shape index (κ3) is 3.60. The number of aromatic nitrogens is 3. The standard InChI is InChI=1S/C20H22N4O2/c1-23-12-19(22-14-23)20(25)24-7-8-26-13-16(11-24)9-15-4-5-18-17(10-15)3-2-6-21-18/h2-6,10,12,14,16H,7-9,11,13H2,1H3/t16-/m0/s1. The van der Waals surface area contributed by atoms with E-state index in [1.807, 2.05) is 24.2 Å². The third-order valence-electron chi connectivity index (χ3n) is 4.74. The molecule has 0 saturated carbocycles. The fourth-order valence-corrected chi connectivity index (χ4v) is 3.46. The van der Waals surface area contributed by atoms with Crippen molar-refractivity contribution in [1.29, 1.82) is 0 Å². The van der Waals surface area contributed by atoms with Crippen molar-refractivity contribution in [2.24, 2.45) is 13.0 Å². The Balaban J connectivity index is 1.49. The van der Waals surface area contributed by atoms with Crippen LogP contribution in [-0.4, -0.2) is 51.6 Å². The van der Waals surface area contributed by atoms with Gasteiger partial charge in [0, 0.05) is 43.8 Å². The molecule has 1 aromatic carbocycles. The summed E-state index contributed by atoms with van der Waals surface area (Å²) in [5.41, 5.74) is 2.73. The Morgan fingerprint density at radius 3 is 3.08 bits per heavy atom. The molecule has 26 heavy (non-hydrogen) atoms. The Bertz CT molecular complexity index is 921. The van der Waals surface area contributed by atoms with Gasteiger partial charge in [-0.1, -0.05) is 12.1 Å². The highest BCUT2D eigenvalue weighted by Gasteiger charge is 2.24. The molecule has 1 saturated heterocycles. The van der Waals surface area contributed by atoms with Gasteiger partial charge >= 0.3 is 0 Å². The first kappa shape index (κ1) is 16.7. The highest BCUT2D eigenvalue weighted by Crippen LogP contribution is 2.19. The Kier molecular flexibility index (Phi) is 4.67. The zero-order valence-electron chi connectivity index (χ0n) is 14.8. The topological polar surface area (TPSA) is 60.2 Å². The van der Waals surface area contributed by atoms with E-state index in [0.717, 1.165) is 17.3 Å². The molecule has 0 unspecified atom stereocenters. The number of nitrogens with zero attached hydrogens (tertiary/aromatic N) is 4. The van der Waals surface area contributed by atoms with E-state index in [9.17, 15) is 4.79 Å². The van der Waals surface area contributed by atoms with Crippen LogP contribution in [0.2, 0.25) is 0 Å². The monoisotopic (exact) mass is 350 g/mol. The molecule has 1 fully saturated rings. The minimum absolute atomic E-state index is 0.0242. The van der Waals surface area contributed by atoms with Crippen LogP contribution < -0.4 is 0 Å². The van der Waals surface area contributed by atoms with Crippen LogP contribution in [0.3, 0.4) is 0 Å². The predicted molar refractivity (Wildman–Crippen MR) is 98.9 cm³/mol. The molecule has 6 heteroatoms. The van der Waals surface area contributed by atoms with Crippen LogP contribution in [0.25, 0.3) is 10.9 Å². The maximum absolute atomic E-state index is 12.7. The van der Waals surface area contributed by atoms with Crippen molar-refractivity contribution in [2.45, 2.75) is 6.42 Å². The normalized spacial score (nSPS) is 18.0. The predicted octanol–water partition coefficient (Wildman–Crippen LogP) is 2.30. The van der Waals surface area contributed by atoms with Crippen LogP contribution in [0.5, 0.6) is 0 Å². The summed E-state index contributed by atoms with van der Waals surface area (Å²) in [6.07, 6.45) is 6.10. The summed E-state index contributed by atoms with van der Waals surface area (Å²) in [4.78, 5) is 23.1. The number of pyridine rings is 1. The fourth-order valence-electron chi connectivity index (χ4n) is 3.46. The molecule has 3 heterocycles. The molecule has 0 N–H and O–H groups in total. The third-order valence-corrected chi connectivity index (χ3v) is 4.74. The van der Waals surface area contributed by atoms with E-state index in [4.69, 9.17) is 4.74 Å². The van der Waals surface area contributed by atoms with Gasteiger partial charge in [-0.15, -0.1) is 0 Å². The number of amides is 1. The van der Waals surface area contributed by atoms with Gasteiger partial charge in [0.05, 0.1) is 25.1 Å². The second-order valence-electron chi connectivity index (χ2n) is 6.85. The number of carbonyl (C=O) groups is 1. The maximum atomic E-state index is 12.7. The van der Waals surface area contributed by atoms with E-state index in [0.29, 0.717) is 32.0 Å². The first-order valence-electron chi connectivity index (χ1n) is 8.88. The summed E-state index contributed by atoms with van der Waals surface area (Å²) < 4.78 is 7.55. The first-order valence-corrected chi connectivity index (χ1v) is 8.88. The van der Waals surface area contributed by atoms with E-state index in [1.54, 1.807) is 17.1 Å². The molecule has 0 bridgehead atoms. The SMILES string of the molecule is Cn1cnc(C(=O)N2CCOC[C@@H](Cc3ccc4ncccc4c3)C2)c1. The van der Waals surface area contributed by atoms with Gasteiger partial charge in [-0.05, 0) is 30.2 Å². The molecule has 0 spiro atoms. The van der Waals surface area contributed by atoms with Gasteiger partial charge in [0.25, 0.3) is 5.91 Å². The van der Waals surface area contributed by atoms with Gasteiger partial charge in [-0.25, -0.2) is 4.98 Å². The van der Waals surface area contributed by atoms with Gasteiger partial charge in [-0.2, -0.15) is 0 Å². The van der Waals surface area contributed by atoms with E-state index in [-0.39, 0.29) is 11.8 Å². The second kappa shape index (κ2) is 7.25. The maximum Gasteiger partial charge on any atom is 0.274 e. The smallest absolute Gasteiger partial charge is 0.274 e. The van der Waals surface area contributed by atoms with Crippen molar-refractivity contribution in [3.8, 4) is 0 Å². The summed E-state index contributed by atoms with van der Waals surface area (Å²) >= 11 is 0. The molecule has 3 aromatic rings. The molecule has 0 aliphatic carbocycles. The molecule has 1 atom stereocenters. The number of fused-ring (bicyclic) bond motifs is 1. The Labute approximate surface area is 152 Å². The molecule has 0 radical (unpaired) electrons. The van der Waals surface area contributed by atoms with Crippen molar-refractivity contribution in [3.63, 3.8) is 0 Å². The molecule has 1 amide bonds. The minimum Gasteiger partial charge on any atom is -0.379 e. The number of hydrogen-bond acceptors (Lipinski definition) is 4. The van der Waals surface area contributed by atoms with E-state index in [2.05, 4.69) is 34.2 Å². The molecule has 4 rings (SSSR count). The van der Waals surface area contributed by atoms with Gasteiger partial charge in [-0.3, -0.25) is 9.78 Å². The minimum atomic E-state index is -0.0242. The zero-order chi connectivity index (χ0) is 17.9. The zero-order valence-corrected chi connectivity index (χ0v) is 14.8. The second-order valence-corrected chi connectivity index (χ2v) is 6.85. The average Bonchev–Trinajstić information content (AvgIpc) is 2.96. The van der Waals surface area contributed by atoms with E-state index in [1.165, 1.54) is 5.56 Å². The number of ether oxygens (including phenoxy) is 1. The Hall–Kier alpha value is -2.73. The highest BCUT2D eigenvalue weighted by atomic mass is 16.5. The lowest BCUT2D eigenvalue weighted by Crippen LogP contribution is -2.36. The summed E-state index contributed by atoms with van der Waals surface area (Å²) in [5.74, 6) is 0.239.